The Balaban J connectivity index is 1.92. The van der Waals surface area contributed by atoms with E-state index in [4.69, 9.17) is 18.9 Å². The minimum Gasteiger partial charge on any atom is -0.497 e. The Labute approximate surface area is 225 Å². The lowest BCUT2D eigenvalue weighted by Gasteiger charge is -2.40. The van der Waals surface area contributed by atoms with E-state index in [9.17, 15) is 14.7 Å². The number of carboxylic acid groups (broad SMARTS) is 1. The highest BCUT2D eigenvalue weighted by Crippen LogP contribution is 2.37. The molecule has 0 aliphatic heterocycles. The molecule has 1 heterocycles. The first kappa shape index (κ1) is 26.9. The summed E-state index contributed by atoms with van der Waals surface area (Å²) < 4.78 is 21.6. The number of aliphatic carboxylic acids is 1. The number of carbonyl (C=O) groups is 2. The van der Waals surface area contributed by atoms with E-state index < -0.39 is 23.5 Å². The summed E-state index contributed by atoms with van der Waals surface area (Å²) in [5.41, 5.74) is -0.477. The van der Waals surface area contributed by atoms with Crippen molar-refractivity contribution in [1.29, 1.82) is 0 Å². The minimum absolute atomic E-state index is 0.0826. The fourth-order valence-electron chi connectivity index (χ4n) is 4.16. The number of rotatable bonds is 11. The van der Waals surface area contributed by atoms with Crippen LogP contribution in [0.4, 0.5) is 0 Å². The van der Waals surface area contributed by atoms with Gasteiger partial charge in [0.05, 0.1) is 27.4 Å². The summed E-state index contributed by atoms with van der Waals surface area (Å²) in [5.74, 6) is -1.33. The number of carbonyl (C=O) groups excluding carboxylic acids is 1. The topological polar surface area (TPSA) is 129 Å². The third-order valence-corrected chi connectivity index (χ3v) is 6.03. The van der Waals surface area contributed by atoms with E-state index in [0.717, 1.165) is 0 Å². The molecular formula is C29H27N3O7. The normalized spacial score (nSPS) is 11.7. The lowest BCUT2D eigenvalue weighted by Crippen LogP contribution is -2.59. The molecular weight excluding hydrogens is 502 g/mol. The highest BCUT2D eigenvalue weighted by Gasteiger charge is 2.50. The van der Waals surface area contributed by atoms with Crippen LogP contribution in [0.25, 0.3) is 0 Å². The molecule has 0 spiro atoms. The Kier molecular flexibility index (Phi) is 8.25. The van der Waals surface area contributed by atoms with Crippen LogP contribution in [0.1, 0.15) is 21.5 Å². The molecule has 4 aromatic rings. The monoisotopic (exact) mass is 529 g/mol. The van der Waals surface area contributed by atoms with E-state index in [2.05, 4.69) is 15.3 Å². The summed E-state index contributed by atoms with van der Waals surface area (Å²) in [6.07, 6.45) is -1.70. The van der Waals surface area contributed by atoms with Gasteiger partial charge in [-0.2, -0.15) is 9.97 Å². The van der Waals surface area contributed by atoms with Gasteiger partial charge in [-0.15, -0.1) is 0 Å². The van der Waals surface area contributed by atoms with Gasteiger partial charge in [-0.25, -0.2) is 4.79 Å². The van der Waals surface area contributed by atoms with Crippen LogP contribution in [0.15, 0.2) is 91.0 Å². The number of ether oxygens (including phenoxy) is 4. The molecule has 39 heavy (non-hydrogen) atoms. The van der Waals surface area contributed by atoms with Gasteiger partial charge in [0.15, 0.2) is 0 Å². The van der Waals surface area contributed by atoms with Gasteiger partial charge in [0, 0.05) is 5.56 Å². The Hall–Kier alpha value is -5.12. The van der Waals surface area contributed by atoms with Gasteiger partial charge in [0.1, 0.15) is 11.3 Å². The molecule has 0 saturated carbocycles. The number of aromatic nitrogens is 2. The average Bonchev–Trinajstić information content (AvgIpc) is 2.99. The summed E-state index contributed by atoms with van der Waals surface area (Å²) in [5, 5.41) is 13.6. The molecule has 4 rings (SSSR count). The number of nitrogens with zero attached hydrogens (tertiary/aromatic N) is 2. The zero-order valence-corrected chi connectivity index (χ0v) is 21.5. The molecule has 0 aliphatic carbocycles. The maximum atomic E-state index is 13.7. The van der Waals surface area contributed by atoms with Crippen molar-refractivity contribution < 1.29 is 33.6 Å². The summed E-state index contributed by atoms with van der Waals surface area (Å²) in [7, 11) is 4.28. The molecule has 3 aromatic carbocycles. The first-order valence-electron chi connectivity index (χ1n) is 11.9. The summed E-state index contributed by atoms with van der Waals surface area (Å²) in [6.45, 7) is 0. The third kappa shape index (κ3) is 5.74. The van der Waals surface area contributed by atoms with E-state index in [1.807, 2.05) is 0 Å². The van der Waals surface area contributed by atoms with E-state index in [-0.39, 0.29) is 17.8 Å². The van der Waals surface area contributed by atoms with E-state index >= 15 is 0 Å². The fourth-order valence-corrected chi connectivity index (χ4v) is 4.16. The van der Waals surface area contributed by atoms with Crippen LogP contribution in [0, 0.1) is 0 Å². The molecule has 1 amide bonds. The van der Waals surface area contributed by atoms with Gasteiger partial charge in [0.25, 0.3) is 5.91 Å². The van der Waals surface area contributed by atoms with Crippen molar-refractivity contribution in [3.63, 3.8) is 0 Å². The van der Waals surface area contributed by atoms with Gasteiger partial charge < -0.3 is 29.4 Å². The summed E-state index contributed by atoms with van der Waals surface area (Å²) >= 11 is 0. The third-order valence-electron chi connectivity index (χ3n) is 6.03. The zero-order chi connectivity index (χ0) is 27.8. The Morgan fingerprint density at radius 1 is 0.769 bits per heavy atom. The molecule has 0 radical (unpaired) electrons. The second-order valence-electron chi connectivity index (χ2n) is 8.29. The van der Waals surface area contributed by atoms with Crippen LogP contribution in [-0.2, 0) is 10.3 Å². The number of amides is 1. The fraction of sp³-hybridized carbons (Fsp3) is 0.172. The van der Waals surface area contributed by atoms with Gasteiger partial charge >= 0.3 is 12.0 Å². The first-order chi connectivity index (χ1) is 18.9. The Bertz CT molecular complexity index is 1350. The molecule has 10 heteroatoms. The molecule has 2 N–H and O–H groups in total. The zero-order valence-electron chi connectivity index (χ0n) is 21.5. The molecule has 0 bridgehead atoms. The van der Waals surface area contributed by atoms with Crippen LogP contribution in [0.3, 0.4) is 0 Å². The van der Waals surface area contributed by atoms with Crippen molar-refractivity contribution in [3.05, 3.63) is 108 Å². The highest BCUT2D eigenvalue weighted by atomic mass is 16.5. The van der Waals surface area contributed by atoms with Crippen LogP contribution in [-0.4, -0.2) is 54.4 Å². The maximum absolute atomic E-state index is 13.7. The molecule has 10 nitrogen and oxygen atoms in total. The molecule has 1 atom stereocenters. The SMILES string of the molecule is COc1ccc(C(=O)NC(c2ccccc2)(c2ccccc2)C(Oc2cc(OC)nc(OC)n2)C(=O)O)cc1. The number of hydrogen-bond acceptors (Lipinski definition) is 8. The van der Waals surface area contributed by atoms with Crippen molar-refractivity contribution in [1.82, 2.24) is 15.3 Å². The number of nitrogens with one attached hydrogen (secondary N) is 1. The van der Waals surface area contributed by atoms with E-state index in [1.54, 1.807) is 84.9 Å². The number of benzene rings is 3. The van der Waals surface area contributed by atoms with Gasteiger partial charge in [0.2, 0.25) is 17.9 Å². The van der Waals surface area contributed by atoms with Crippen molar-refractivity contribution in [2.45, 2.75) is 11.6 Å². The minimum atomic E-state index is -1.71. The lowest BCUT2D eigenvalue weighted by atomic mass is 9.77. The molecule has 1 unspecified atom stereocenters. The quantitative estimate of drug-likeness (QED) is 0.299. The summed E-state index contributed by atoms with van der Waals surface area (Å²) in [6, 6.07) is 25.2. The predicted octanol–water partition coefficient (Wildman–Crippen LogP) is 3.71. The van der Waals surface area contributed by atoms with Crippen molar-refractivity contribution in [2.24, 2.45) is 0 Å². The standard InChI is InChI=1S/C29H27N3O7/c1-36-22-16-14-19(15-17-22)26(33)32-29(20-10-6-4-7-11-20,21-12-8-5-9-13-21)25(27(34)35)39-24-18-23(37-2)30-28(31-24)38-3/h4-18,25H,1-3H3,(H,32,33)(H,34,35). The first-order valence-corrected chi connectivity index (χ1v) is 11.9. The molecule has 200 valence electrons. The van der Waals surface area contributed by atoms with Crippen LogP contribution in [0.2, 0.25) is 0 Å². The van der Waals surface area contributed by atoms with Gasteiger partial charge in [-0.1, -0.05) is 60.7 Å². The number of carboxylic acids is 1. The van der Waals surface area contributed by atoms with Crippen LogP contribution < -0.4 is 24.3 Å². The van der Waals surface area contributed by atoms with E-state index in [0.29, 0.717) is 22.4 Å². The second-order valence-corrected chi connectivity index (χ2v) is 8.29. The van der Waals surface area contributed by atoms with Gasteiger partial charge in [-0.3, -0.25) is 4.79 Å². The van der Waals surface area contributed by atoms with Gasteiger partial charge in [-0.05, 0) is 35.4 Å². The van der Waals surface area contributed by atoms with Crippen LogP contribution in [0.5, 0.6) is 23.5 Å². The largest absolute Gasteiger partial charge is 0.497 e. The smallest absolute Gasteiger partial charge is 0.348 e. The highest BCUT2D eigenvalue weighted by molar-refractivity contribution is 5.96. The number of methoxy groups -OCH3 is 3. The maximum Gasteiger partial charge on any atom is 0.348 e. The molecule has 0 aliphatic rings. The lowest BCUT2D eigenvalue weighted by molar-refractivity contribution is -0.148. The molecule has 0 saturated heterocycles. The van der Waals surface area contributed by atoms with Crippen LogP contribution >= 0.6 is 0 Å². The predicted molar refractivity (Wildman–Crippen MR) is 141 cm³/mol. The molecule has 0 fully saturated rings. The summed E-state index contributed by atoms with van der Waals surface area (Å²) in [4.78, 5) is 34.9. The Morgan fingerprint density at radius 2 is 1.33 bits per heavy atom. The van der Waals surface area contributed by atoms with E-state index in [1.165, 1.54) is 27.4 Å². The number of hydrogen-bond donors (Lipinski definition) is 2. The van der Waals surface area contributed by atoms with Crippen molar-refractivity contribution in [3.8, 4) is 23.5 Å². The molecule has 1 aromatic heterocycles. The van der Waals surface area contributed by atoms with Crippen molar-refractivity contribution >= 4 is 11.9 Å². The Morgan fingerprint density at radius 3 is 1.82 bits per heavy atom. The average molecular weight is 530 g/mol. The van der Waals surface area contributed by atoms with Crippen molar-refractivity contribution in [2.75, 3.05) is 21.3 Å². The second kappa shape index (κ2) is 12.0.